The molecule has 0 aliphatic heterocycles. The third kappa shape index (κ3) is 3.70. The third-order valence-corrected chi connectivity index (χ3v) is 3.53. The van der Waals surface area contributed by atoms with E-state index in [1.807, 2.05) is 18.0 Å². The zero-order valence-electron chi connectivity index (χ0n) is 10.6. The Balaban J connectivity index is 2.08. The summed E-state index contributed by atoms with van der Waals surface area (Å²) in [5.41, 5.74) is 0.560. The fourth-order valence-electron chi connectivity index (χ4n) is 1.64. The molecule has 0 atom stereocenters. The summed E-state index contributed by atoms with van der Waals surface area (Å²) in [4.78, 5) is 17.7. The normalized spacial score (nSPS) is 11.1. The quantitative estimate of drug-likeness (QED) is 0.807. The lowest BCUT2D eigenvalue weighted by Gasteiger charge is -2.17. The van der Waals surface area contributed by atoms with E-state index in [4.69, 9.17) is 34.8 Å². The predicted molar refractivity (Wildman–Crippen MR) is 79.2 cm³/mol. The molecular weight excluding hydrogens is 323 g/mol. The fourth-order valence-corrected chi connectivity index (χ4v) is 2.02. The van der Waals surface area contributed by atoms with Crippen LogP contribution in [-0.2, 0) is 13.2 Å². The molecule has 2 aromatic rings. The highest BCUT2D eigenvalue weighted by Gasteiger charge is 2.09. The van der Waals surface area contributed by atoms with Crippen LogP contribution in [0.15, 0.2) is 29.3 Å². The Bertz CT molecular complexity index is 657. The molecule has 2 heterocycles. The molecule has 0 unspecified atom stereocenters. The first-order valence-corrected chi connectivity index (χ1v) is 6.81. The zero-order valence-corrected chi connectivity index (χ0v) is 12.8. The smallest absolute Gasteiger partial charge is 0.283 e. The van der Waals surface area contributed by atoms with E-state index in [1.165, 1.54) is 10.9 Å². The molecule has 0 saturated heterocycles. The molecular formula is C12H11Cl3N4O. The molecule has 0 saturated carbocycles. The van der Waals surface area contributed by atoms with Crippen LogP contribution in [0.4, 0.5) is 0 Å². The van der Waals surface area contributed by atoms with Crippen molar-refractivity contribution in [2.45, 2.75) is 13.2 Å². The van der Waals surface area contributed by atoms with Crippen molar-refractivity contribution in [3.63, 3.8) is 0 Å². The number of nitrogens with zero attached hydrogens (tertiary/aromatic N) is 4. The highest BCUT2D eigenvalue weighted by atomic mass is 35.5. The lowest BCUT2D eigenvalue weighted by Crippen LogP contribution is -2.31. The lowest BCUT2D eigenvalue weighted by atomic mass is 10.3. The number of hydrogen-bond acceptors (Lipinski definition) is 4. The Morgan fingerprint density at radius 1 is 1.25 bits per heavy atom. The van der Waals surface area contributed by atoms with E-state index in [1.54, 1.807) is 12.3 Å². The second-order valence-corrected chi connectivity index (χ2v) is 5.43. The SMILES string of the molecule is CN(Cc1ccc(Cl)nc1)Cn1ncc(Cl)c(Cl)c1=O. The minimum atomic E-state index is -0.416. The summed E-state index contributed by atoms with van der Waals surface area (Å²) in [7, 11) is 1.85. The molecule has 0 aliphatic rings. The van der Waals surface area contributed by atoms with Gasteiger partial charge in [0.2, 0.25) is 0 Å². The predicted octanol–water partition coefficient (Wildman–Crippen LogP) is 2.69. The summed E-state index contributed by atoms with van der Waals surface area (Å²) in [5, 5.41) is 4.51. The molecule has 20 heavy (non-hydrogen) atoms. The topological polar surface area (TPSA) is 51.0 Å². The lowest BCUT2D eigenvalue weighted by molar-refractivity contribution is 0.240. The molecule has 0 amide bonds. The van der Waals surface area contributed by atoms with Gasteiger partial charge in [0.1, 0.15) is 10.2 Å². The summed E-state index contributed by atoms with van der Waals surface area (Å²) in [6, 6.07) is 3.59. The standard InChI is InChI=1S/C12H11Cl3N4O/c1-18(6-8-2-3-10(14)16-4-8)7-19-12(20)11(15)9(13)5-17-19/h2-5H,6-7H2,1H3. The zero-order chi connectivity index (χ0) is 14.7. The van der Waals surface area contributed by atoms with E-state index >= 15 is 0 Å². The second-order valence-electron chi connectivity index (χ2n) is 4.26. The monoisotopic (exact) mass is 332 g/mol. The number of pyridine rings is 1. The summed E-state index contributed by atoms with van der Waals surface area (Å²) >= 11 is 17.2. The first-order valence-electron chi connectivity index (χ1n) is 5.67. The highest BCUT2D eigenvalue weighted by molar-refractivity contribution is 6.41. The summed E-state index contributed by atoms with van der Waals surface area (Å²) in [6.07, 6.45) is 3.03. The van der Waals surface area contributed by atoms with Gasteiger partial charge in [-0.05, 0) is 18.7 Å². The molecule has 2 rings (SSSR count). The van der Waals surface area contributed by atoms with Gasteiger partial charge in [-0.1, -0.05) is 40.9 Å². The van der Waals surface area contributed by atoms with Gasteiger partial charge in [-0.3, -0.25) is 9.69 Å². The molecule has 0 spiro atoms. The van der Waals surface area contributed by atoms with Gasteiger partial charge in [0.15, 0.2) is 0 Å². The molecule has 106 valence electrons. The number of aromatic nitrogens is 3. The average molecular weight is 334 g/mol. The molecule has 8 heteroatoms. The molecule has 0 N–H and O–H groups in total. The van der Waals surface area contributed by atoms with Crippen LogP contribution in [0.1, 0.15) is 5.56 Å². The number of rotatable bonds is 4. The van der Waals surface area contributed by atoms with Crippen LogP contribution < -0.4 is 5.56 Å². The van der Waals surface area contributed by atoms with Crippen LogP contribution in [0.5, 0.6) is 0 Å². The molecule has 0 aromatic carbocycles. The van der Waals surface area contributed by atoms with Crippen LogP contribution >= 0.6 is 34.8 Å². The molecule has 2 aromatic heterocycles. The van der Waals surface area contributed by atoms with E-state index in [9.17, 15) is 4.79 Å². The first-order chi connectivity index (χ1) is 9.47. The van der Waals surface area contributed by atoms with Crippen molar-refractivity contribution < 1.29 is 0 Å². The van der Waals surface area contributed by atoms with Gasteiger partial charge in [0, 0.05) is 12.7 Å². The van der Waals surface area contributed by atoms with E-state index in [0.29, 0.717) is 18.4 Å². The van der Waals surface area contributed by atoms with Crippen molar-refractivity contribution in [1.29, 1.82) is 0 Å². The van der Waals surface area contributed by atoms with Gasteiger partial charge < -0.3 is 0 Å². The second kappa shape index (κ2) is 6.54. The number of hydrogen-bond donors (Lipinski definition) is 0. The van der Waals surface area contributed by atoms with E-state index in [-0.39, 0.29) is 10.0 Å². The van der Waals surface area contributed by atoms with Crippen LogP contribution in [0, 0.1) is 0 Å². The minimum absolute atomic E-state index is 0.0248. The van der Waals surface area contributed by atoms with Gasteiger partial charge in [0.05, 0.1) is 17.9 Å². The van der Waals surface area contributed by atoms with Gasteiger partial charge in [0.25, 0.3) is 5.56 Å². The van der Waals surface area contributed by atoms with Crippen LogP contribution in [0.3, 0.4) is 0 Å². The highest BCUT2D eigenvalue weighted by Crippen LogP contribution is 2.14. The van der Waals surface area contributed by atoms with Crippen molar-refractivity contribution >= 4 is 34.8 Å². The third-order valence-electron chi connectivity index (χ3n) is 2.56. The van der Waals surface area contributed by atoms with Crippen LogP contribution in [-0.4, -0.2) is 26.7 Å². The Morgan fingerprint density at radius 3 is 2.65 bits per heavy atom. The fraction of sp³-hybridized carbons (Fsp3) is 0.250. The summed E-state index contributed by atoms with van der Waals surface area (Å²) in [6.45, 7) is 0.886. The van der Waals surface area contributed by atoms with E-state index in [0.717, 1.165) is 5.56 Å². The maximum absolute atomic E-state index is 11.8. The van der Waals surface area contributed by atoms with Crippen molar-refractivity contribution in [3.05, 3.63) is 55.6 Å². The Hall–Kier alpha value is -1.14. The van der Waals surface area contributed by atoms with E-state index in [2.05, 4.69) is 10.1 Å². The Morgan fingerprint density at radius 2 is 2.00 bits per heavy atom. The van der Waals surface area contributed by atoms with Gasteiger partial charge in [-0.25, -0.2) is 9.67 Å². The van der Waals surface area contributed by atoms with Crippen molar-refractivity contribution in [3.8, 4) is 0 Å². The van der Waals surface area contributed by atoms with Crippen LogP contribution in [0.2, 0.25) is 15.2 Å². The summed E-state index contributed by atoms with van der Waals surface area (Å²) < 4.78 is 1.25. The molecule has 0 fully saturated rings. The van der Waals surface area contributed by atoms with Crippen molar-refractivity contribution in [2.24, 2.45) is 0 Å². The maximum atomic E-state index is 11.8. The minimum Gasteiger partial charge on any atom is -0.283 e. The van der Waals surface area contributed by atoms with Crippen LogP contribution in [0.25, 0.3) is 0 Å². The van der Waals surface area contributed by atoms with Gasteiger partial charge in [-0.2, -0.15) is 5.10 Å². The molecule has 0 aliphatic carbocycles. The van der Waals surface area contributed by atoms with Crippen molar-refractivity contribution in [1.82, 2.24) is 19.7 Å². The summed E-state index contributed by atoms with van der Waals surface area (Å²) in [5.74, 6) is 0. The van der Waals surface area contributed by atoms with Gasteiger partial charge in [-0.15, -0.1) is 0 Å². The Kier molecular flexibility index (Phi) is 4.99. The first kappa shape index (κ1) is 15.3. The maximum Gasteiger partial charge on any atom is 0.288 e. The van der Waals surface area contributed by atoms with Gasteiger partial charge >= 0.3 is 0 Å². The van der Waals surface area contributed by atoms with Crippen molar-refractivity contribution in [2.75, 3.05) is 7.05 Å². The molecule has 0 bridgehead atoms. The van der Waals surface area contributed by atoms with E-state index < -0.39 is 5.56 Å². The molecule has 5 nitrogen and oxygen atoms in total. The Labute approximate surface area is 130 Å². The average Bonchev–Trinajstić information content (AvgIpc) is 2.42. The molecule has 0 radical (unpaired) electrons. The largest absolute Gasteiger partial charge is 0.288 e. The number of halogens is 3.